The van der Waals surface area contributed by atoms with Crippen LogP contribution in [0.25, 0.3) is 5.69 Å². The first-order valence-electron chi connectivity index (χ1n) is 6.13. The lowest BCUT2D eigenvalue weighted by molar-refractivity contribution is 0.705. The molecule has 0 aliphatic heterocycles. The van der Waals surface area contributed by atoms with Crippen LogP contribution in [-0.2, 0) is 6.42 Å². The number of hydrogen-bond acceptors (Lipinski definition) is 4. The van der Waals surface area contributed by atoms with Crippen LogP contribution < -0.4 is 5.32 Å². The largest absolute Gasteiger partial charge is 0.319 e. The molecular weight excluding hydrogens is 226 g/mol. The molecule has 1 heterocycles. The summed E-state index contributed by atoms with van der Waals surface area (Å²) in [5, 5.41) is 15.7. The van der Waals surface area contributed by atoms with Crippen LogP contribution in [0, 0.1) is 20.8 Å². The van der Waals surface area contributed by atoms with Gasteiger partial charge in [0.2, 0.25) is 0 Å². The van der Waals surface area contributed by atoms with E-state index in [1.807, 2.05) is 7.05 Å². The Morgan fingerprint density at radius 1 is 1.17 bits per heavy atom. The lowest BCUT2D eigenvalue weighted by Crippen LogP contribution is -2.11. The second-order valence-corrected chi connectivity index (χ2v) is 4.60. The number of nitrogens with one attached hydrogen (secondary N) is 1. The van der Waals surface area contributed by atoms with E-state index < -0.39 is 0 Å². The van der Waals surface area contributed by atoms with Crippen molar-refractivity contribution in [2.75, 3.05) is 13.6 Å². The van der Waals surface area contributed by atoms with Crippen LogP contribution in [-0.4, -0.2) is 33.8 Å². The molecule has 2 aromatic rings. The van der Waals surface area contributed by atoms with Gasteiger partial charge >= 0.3 is 0 Å². The Kier molecular flexibility index (Phi) is 3.72. The number of tetrazole rings is 1. The minimum atomic E-state index is 0.767. The second kappa shape index (κ2) is 5.27. The molecule has 5 heteroatoms. The highest BCUT2D eigenvalue weighted by Crippen LogP contribution is 2.19. The van der Waals surface area contributed by atoms with Gasteiger partial charge in [0.25, 0.3) is 0 Å². The van der Waals surface area contributed by atoms with Gasteiger partial charge in [0.05, 0.1) is 5.69 Å². The van der Waals surface area contributed by atoms with Gasteiger partial charge in [-0.15, -0.1) is 15.0 Å². The van der Waals surface area contributed by atoms with E-state index in [2.05, 4.69) is 53.6 Å². The van der Waals surface area contributed by atoms with Gasteiger partial charge in [0.1, 0.15) is 0 Å². The lowest BCUT2D eigenvalue weighted by atomic mass is 10.1. The van der Waals surface area contributed by atoms with E-state index in [0.717, 1.165) is 24.5 Å². The summed E-state index contributed by atoms with van der Waals surface area (Å²) in [4.78, 5) is 1.63. The SMILES string of the molecule is CNCCc1nnn(-c2c(C)cc(C)cc2C)n1. The van der Waals surface area contributed by atoms with E-state index in [-0.39, 0.29) is 0 Å². The number of rotatable bonds is 4. The van der Waals surface area contributed by atoms with Crippen molar-refractivity contribution in [3.63, 3.8) is 0 Å². The zero-order chi connectivity index (χ0) is 13.1. The third-order valence-corrected chi connectivity index (χ3v) is 2.89. The van der Waals surface area contributed by atoms with Crippen LogP contribution in [0.5, 0.6) is 0 Å². The van der Waals surface area contributed by atoms with Crippen molar-refractivity contribution in [1.29, 1.82) is 0 Å². The van der Waals surface area contributed by atoms with Crippen LogP contribution in [0.4, 0.5) is 0 Å². The van der Waals surface area contributed by atoms with E-state index in [1.54, 1.807) is 4.80 Å². The van der Waals surface area contributed by atoms with Crippen molar-refractivity contribution in [3.8, 4) is 5.69 Å². The minimum Gasteiger partial charge on any atom is -0.319 e. The molecule has 0 fully saturated rings. The minimum absolute atomic E-state index is 0.767. The number of nitrogens with zero attached hydrogens (tertiary/aromatic N) is 4. The monoisotopic (exact) mass is 245 g/mol. The van der Waals surface area contributed by atoms with Crippen molar-refractivity contribution in [1.82, 2.24) is 25.5 Å². The van der Waals surface area contributed by atoms with Crippen molar-refractivity contribution >= 4 is 0 Å². The van der Waals surface area contributed by atoms with Crippen LogP contribution in [0.3, 0.4) is 0 Å². The Morgan fingerprint density at radius 2 is 1.83 bits per heavy atom. The molecule has 0 atom stereocenters. The molecule has 0 saturated heterocycles. The summed E-state index contributed by atoms with van der Waals surface area (Å²) >= 11 is 0. The molecule has 1 aromatic carbocycles. The number of aromatic nitrogens is 4. The predicted octanol–water partition coefficient (Wildman–Crippen LogP) is 1.35. The molecule has 96 valence electrons. The summed E-state index contributed by atoms with van der Waals surface area (Å²) in [5.41, 5.74) is 4.63. The lowest BCUT2D eigenvalue weighted by Gasteiger charge is -2.08. The van der Waals surface area contributed by atoms with Crippen LogP contribution >= 0.6 is 0 Å². The normalized spacial score (nSPS) is 10.9. The highest BCUT2D eigenvalue weighted by Gasteiger charge is 2.10. The maximum absolute atomic E-state index is 4.42. The molecule has 0 aliphatic rings. The first-order chi connectivity index (χ1) is 8.61. The molecule has 18 heavy (non-hydrogen) atoms. The molecule has 2 rings (SSSR count). The van der Waals surface area contributed by atoms with Gasteiger partial charge in [-0.25, -0.2) is 0 Å². The predicted molar refractivity (Wildman–Crippen MR) is 71.0 cm³/mol. The van der Waals surface area contributed by atoms with E-state index in [4.69, 9.17) is 0 Å². The number of likely N-dealkylation sites (N-methyl/N-ethyl adjacent to an activating group) is 1. The third-order valence-electron chi connectivity index (χ3n) is 2.89. The zero-order valence-electron chi connectivity index (χ0n) is 11.4. The molecule has 5 nitrogen and oxygen atoms in total. The van der Waals surface area contributed by atoms with Crippen molar-refractivity contribution in [3.05, 3.63) is 34.6 Å². The molecule has 0 aliphatic carbocycles. The number of hydrogen-bond donors (Lipinski definition) is 1. The highest BCUT2D eigenvalue weighted by molar-refractivity contribution is 5.47. The molecule has 1 aromatic heterocycles. The van der Waals surface area contributed by atoms with Gasteiger partial charge < -0.3 is 5.32 Å². The zero-order valence-corrected chi connectivity index (χ0v) is 11.4. The van der Waals surface area contributed by atoms with Gasteiger partial charge in [-0.1, -0.05) is 17.7 Å². The Balaban J connectivity index is 2.34. The molecule has 0 spiro atoms. The van der Waals surface area contributed by atoms with E-state index >= 15 is 0 Å². The summed E-state index contributed by atoms with van der Waals surface area (Å²) in [6, 6.07) is 4.28. The summed E-state index contributed by atoms with van der Waals surface area (Å²) in [6.45, 7) is 7.10. The number of benzene rings is 1. The van der Waals surface area contributed by atoms with Crippen LogP contribution in [0.2, 0.25) is 0 Å². The molecule has 0 amide bonds. The third kappa shape index (κ3) is 2.56. The number of aryl methyl sites for hydroxylation is 3. The van der Waals surface area contributed by atoms with Gasteiger partial charge in [0, 0.05) is 13.0 Å². The van der Waals surface area contributed by atoms with E-state index in [0.29, 0.717) is 0 Å². The Labute approximate surface area is 107 Å². The molecule has 0 bridgehead atoms. The van der Waals surface area contributed by atoms with Crippen molar-refractivity contribution < 1.29 is 0 Å². The average molecular weight is 245 g/mol. The second-order valence-electron chi connectivity index (χ2n) is 4.60. The first kappa shape index (κ1) is 12.7. The standard InChI is InChI=1S/C13H19N5/c1-9-7-10(2)13(11(3)8-9)18-16-12(15-17-18)5-6-14-4/h7-8,14H,5-6H2,1-4H3. The Hall–Kier alpha value is -1.75. The fraction of sp³-hybridized carbons (Fsp3) is 0.462. The molecular formula is C13H19N5. The van der Waals surface area contributed by atoms with Gasteiger partial charge in [0.15, 0.2) is 5.82 Å². The Bertz CT molecular complexity index is 521. The average Bonchev–Trinajstić information content (AvgIpc) is 2.73. The maximum atomic E-state index is 4.42. The molecule has 0 unspecified atom stereocenters. The van der Waals surface area contributed by atoms with E-state index in [9.17, 15) is 0 Å². The van der Waals surface area contributed by atoms with Gasteiger partial charge in [-0.2, -0.15) is 0 Å². The maximum Gasteiger partial charge on any atom is 0.176 e. The van der Waals surface area contributed by atoms with Crippen LogP contribution in [0.15, 0.2) is 12.1 Å². The van der Waals surface area contributed by atoms with E-state index in [1.165, 1.54) is 16.7 Å². The Morgan fingerprint density at radius 3 is 2.44 bits per heavy atom. The van der Waals surface area contributed by atoms with Gasteiger partial charge in [-0.3, -0.25) is 0 Å². The van der Waals surface area contributed by atoms with Crippen LogP contribution in [0.1, 0.15) is 22.5 Å². The summed E-state index contributed by atoms with van der Waals surface area (Å²) in [6.07, 6.45) is 0.792. The summed E-state index contributed by atoms with van der Waals surface area (Å²) in [7, 11) is 1.92. The van der Waals surface area contributed by atoms with Crippen molar-refractivity contribution in [2.45, 2.75) is 27.2 Å². The smallest absolute Gasteiger partial charge is 0.176 e. The summed E-state index contributed by atoms with van der Waals surface area (Å²) in [5.74, 6) is 0.767. The molecule has 0 radical (unpaired) electrons. The fourth-order valence-electron chi connectivity index (χ4n) is 2.16. The quantitative estimate of drug-likeness (QED) is 0.883. The highest BCUT2D eigenvalue weighted by atomic mass is 15.6. The van der Waals surface area contributed by atoms with Gasteiger partial charge in [-0.05, 0) is 44.2 Å². The fourth-order valence-corrected chi connectivity index (χ4v) is 2.16. The molecule has 1 N–H and O–H groups in total. The first-order valence-corrected chi connectivity index (χ1v) is 6.13. The molecule has 0 saturated carbocycles. The summed E-state index contributed by atoms with van der Waals surface area (Å²) < 4.78 is 0. The topological polar surface area (TPSA) is 55.6 Å². The van der Waals surface area contributed by atoms with Crippen molar-refractivity contribution in [2.24, 2.45) is 0 Å².